The van der Waals surface area contributed by atoms with E-state index in [0.717, 1.165) is 47.3 Å². The number of carboxylic acid groups (broad SMARTS) is 1. The molecule has 4 nitrogen and oxygen atoms in total. The summed E-state index contributed by atoms with van der Waals surface area (Å²) in [4.78, 5) is 10.9. The Balaban J connectivity index is 0.00000131. The number of aliphatic carboxylic acids is 1. The lowest BCUT2D eigenvalue weighted by Gasteiger charge is -2.26. The summed E-state index contributed by atoms with van der Waals surface area (Å²) in [5, 5.41) is 19.5. The van der Waals surface area contributed by atoms with Crippen LogP contribution in [0.15, 0.2) is 66.7 Å². The number of aryl methyl sites for hydroxylation is 1. The minimum absolute atomic E-state index is 0.108. The highest BCUT2D eigenvalue weighted by molar-refractivity contribution is 5.69. The number of rotatable bonds is 12. The third kappa shape index (κ3) is 10.5. The van der Waals surface area contributed by atoms with Gasteiger partial charge in [-0.05, 0) is 90.1 Å². The van der Waals surface area contributed by atoms with Crippen molar-refractivity contribution < 1.29 is 19.7 Å². The number of aliphatic hydroxyl groups is 1. The Kier molecular flexibility index (Phi) is 10.8. The first-order chi connectivity index (χ1) is 18.5. The molecule has 1 saturated carbocycles. The van der Waals surface area contributed by atoms with Crippen molar-refractivity contribution in [1.82, 2.24) is 0 Å². The average molecular weight is 531 g/mol. The lowest BCUT2D eigenvalue weighted by molar-refractivity contribution is -0.136. The van der Waals surface area contributed by atoms with E-state index >= 15 is 0 Å². The standard InChI is InChI=1S/C32H40O4.C3H6/c1-6-17-31(2,3)21-26-18-24(22-36-28-12-7-9-23(19-28)14-16-30(33)34)13-15-29(26)25-10-8-11-27(20-25)32(4,5)35;1-2-3-1/h7-13,15,18-20,35H,6,14,16-17,21-22H2,1-5H3,(H,33,34);1-3H2. The average Bonchev–Trinajstić information content (AvgIpc) is 3.76. The smallest absolute Gasteiger partial charge is 0.303 e. The fourth-order valence-corrected chi connectivity index (χ4v) is 4.72. The summed E-state index contributed by atoms with van der Waals surface area (Å²) in [6, 6.07) is 22.4. The molecule has 0 atom stereocenters. The van der Waals surface area contributed by atoms with Crippen molar-refractivity contribution in [2.75, 3.05) is 0 Å². The summed E-state index contributed by atoms with van der Waals surface area (Å²) in [6.07, 6.45) is 8.32. The van der Waals surface area contributed by atoms with E-state index in [-0.39, 0.29) is 11.8 Å². The normalized spacial score (nSPS) is 12.9. The maximum atomic E-state index is 10.9. The molecule has 0 radical (unpaired) electrons. The molecule has 4 heteroatoms. The first-order valence-electron chi connectivity index (χ1n) is 14.4. The molecule has 39 heavy (non-hydrogen) atoms. The highest BCUT2D eigenvalue weighted by Gasteiger charge is 2.21. The highest BCUT2D eigenvalue weighted by atomic mass is 16.5. The maximum absolute atomic E-state index is 10.9. The molecule has 0 heterocycles. The number of hydrogen-bond donors (Lipinski definition) is 2. The summed E-state index contributed by atoms with van der Waals surface area (Å²) in [6.45, 7) is 10.9. The van der Waals surface area contributed by atoms with Gasteiger partial charge in [0.2, 0.25) is 0 Å². The van der Waals surface area contributed by atoms with E-state index < -0.39 is 11.6 Å². The van der Waals surface area contributed by atoms with Gasteiger partial charge >= 0.3 is 5.97 Å². The number of benzene rings is 3. The minimum Gasteiger partial charge on any atom is -0.489 e. The van der Waals surface area contributed by atoms with Crippen molar-refractivity contribution in [3.8, 4) is 16.9 Å². The molecule has 0 unspecified atom stereocenters. The van der Waals surface area contributed by atoms with Crippen molar-refractivity contribution in [1.29, 1.82) is 0 Å². The van der Waals surface area contributed by atoms with Gasteiger partial charge in [-0.25, -0.2) is 0 Å². The van der Waals surface area contributed by atoms with Crippen LogP contribution in [0.1, 0.15) is 95.4 Å². The van der Waals surface area contributed by atoms with Crippen molar-refractivity contribution in [2.24, 2.45) is 5.41 Å². The molecule has 0 aromatic heterocycles. The Bertz CT molecular complexity index is 1210. The van der Waals surface area contributed by atoms with E-state index in [2.05, 4.69) is 51.1 Å². The zero-order valence-corrected chi connectivity index (χ0v) is 24.4. The first kappa shape index (κ1) is 30.4. The van der Waals surface area contributed by atoms with E-state index in [0.29, 0.717) is 13.0 Å². The van der Waals surface area contributed by atoms with Crippen molar-refractivity contribution in [3.05, 3.63) is 89.0 Å². The van der Waals surface area contributed by atoms with Gasteiger partial charge in [-0.1, -0.05) is 95.0 Å². The van der Waals surface area contributed by atoms with Gasteiger partial charge in [-0.3, -0.25) is 4.79 Å². The van der Waals surface area contributed by atoms with E-state index in [1.807, 2.05) is 50.2 Å². The van der Waals surface area contributed by atoms with E-state index in [9.17, 15) is 9.90 Å². The van der Waals surface area contributed by atoms with E-state index in [1.165, 1.54) is 30.4 Å². The molecule has 0 saturated heterocycles. The molecule has 0 aliphatic heterocycles. The second kappa shape index (κ2) is 13.8. The summed E-state index contributed by atoms with van der Waals surface area (Å²) in [5.41, 5.74) is 5.78. The van der Waals surface area contributed by atoms with Gasteiger partial charge in [-0.2, -0.15) is 0 Å². The Morgan fingerprint density at radius 3 is 2.26 bits per heavy atom. The molecule has 3 aromatic carbocycles. The van der Waals surface area contributed by atoms with Crippen LogP contribution in [-0.2, 0) is 29.8 Å². The molecule has 4 rings (SSSR count). The lowest BCUT2D eigenvalue weighted by Crippen LogP contribution is -2.16. The van der Waals surface area contributed by atoms with E-state index in [1.54, 1.807) is 0 Å². The first-order valence-corrected chi connectivity index (χ1v) is 14.4. The Labute approximate surface area is 235 Å². The third-order valence-electron chi connectivity index (χ3n) is 6.93. The van der Waals surface area contributed by atoms with E-state index in [4.69, 9.17) is 9.84 Å². The molecule has 210 valence electrons. The summed E-state index contributed by atoms with van der Waals surface area (Å²) >= 11 is 0. The van der Waals surface area contributed by atoms with Crippen LogP contribution in [0.4, 0.5) is 0 Å². The van der Waals surface area contributed by atoms with Gasteiger partial charge in [0.1, 0.15) is 12.4 Å². The van der Waals surface area contributed by atoms with Crippen LogP contribution in [0.25, 0.3) is 11.1 Å². The lowest BCUT2D eigenvalue weighted by atomic mass is 9.79. The van der Waals surface area contributed by atoms with Crippen molar-refractivity contribution in [2.45, 2.75) is 98.2 Å². The quantitative estimate of drug-likeness (QED) is 0.246. The van der Waals surface area contributed by atoms with Gasteiger partial charge in [-0.15, -0.1) is 0 Å². The topological polar surface area (TPSA) is 66.8 Å². The fraction of sp³-hybridized carbons (Fsp3) is 0.457. The maximum Gasteiger partial charge on any atom is 0.303 e. The SMILES string of the molecule is C1CC1.CCCC(C)(C)Cc1cc(COc2cccc(CCC(=O)O)c2)ccc1-c1cccc(C(C)(C)O)c1. The molecule has 3 aromatic rings. The van der Waals surface area contributed by atoms with Crippen LogP contribution in [-0.4, -0.2) is 16.2 Å². The minimum atomic E-state index is -0.898. The molecule has 1 aliphatic rings. The second-order valence-electron chi connectivity index (χ2n) is 12.1. The molecular weight excluding hydrogens is 484 g/mol. The van der Waals surface area contributed by atoms with Gasteiger partial charge in [0.05, 0.1) is 5.60 Å². The number of carbonyl (C=O) groups is 1. The van der Waals surface area contributed by atoms with Gasteiger partial charge in [0, 0.05) is 6.42 Å². The molecule has 2 N–H and O–H groups in total. The summed E-state index contributed by atoms with van der Waals surface area (Å²) < 4.78 is 6.10. The van der Waals surface area contributed by atoms with Crippen LogP contribution < -0.4 is 4.74 Å². The summed E-state index contributed by atoms with van der Waals surface area (Å²) in [5.74, 6) is -0.0549. The van der Waals surface area contributed by atoms with Crippen LogP contribution in [0.3, 0.4) is 0 Å². The van der Waals surface area contributed by atoms with Crippen LogP contribution in [0.2, 0.25) is 0 Å². The van der Waals surface area contributed by atoms with Crippen LogP contribution in [0.5, 0.6) is 5.75 Å². The van der Waals surface area contributed by atoms with Gasteiger partial charge in [0.15, 0.2) is 0 Å². The van der Waals surface area contributed by atoms with Crippen LogP contribution >= 0.6 is 0 Å². The van der Waals surface area contributed by atoms with Crippen molar-refractivity contribution in [3.63, 3.8) is 0 Å². The molecule has 0 spiro atoms. The number of carboxylic acids is 1. The number of ether oxygens (including phenoxy) is 1. The Morgan fingerprint density at radius 2 is 1.62 bits per heavy atom. The predicted octanol–water partition coefficient (Wildman–Crippen LogP) is 8.72. The predicted molar refractivity (Wildman–Crippen MR) is 160 cm³/mol. The molecule has 0 amide bonds. The second-order valence-corrected chi connectivity index (χ2v) is 12.1. The molecule has 1 aliphatic carbocycles. The third-order valence-corrected chi connectivity index (χ3v) is 6.93. The zero-order valence-electron chi connectivity index (χ0n) is 24.4. The fourth-order valence-electron chi connectivity index (χ4n) is 4.72. The van der Waals surface area contributed by atoms with Crippen molar-refractivity contribution >= 4 is 5.97 Å². The summed E-state index contributed by atoms with van der Waals surface area (Å²) in [7, 11) is 0. The van der Waals surface area contributed by atoms with Gasteiger partial charge < -0.3 is 14.9 Å². The zero-order chi connectivity index (χ0) is 28.5. The Hall–Kier alpha value is -3.11. The largest absolute Gasteiger partial charge is 0.489 e. The monoisotopic (exact) mass is 530 g/mol. The molecule has 1 fully saturated rings. The van der Waals surface area contributed by atoms with Gasteiger partial charge in [0.25, 0.3) is 0 Å². The molecular formula is C35H46O4. The highest BCUT2D eigenvalue weighted by Crippen LogP contribution is 2.35. The van der Waals surface area contributed by atoms with Crippen LogP contribution in [0, 0.1) is 5.41 Å². The Morgan fingerprint density at radius 1 is 0.897 bits per heavy atom. The number of hydrogen-bond acceptors (Lipinski definition) is 3. The molecule has 0 bridgehead atoms.